The molecule has 0 aromatic carbocycles. The van der Waals surface area contributed by atoms with E-state index in [1.807, 2.05) is 0 Å². The number of hydrogen-bond acceptors (Lipinski definition) is 2. The Kier molecular flexibility index (Phi) is 3.94. The molecule has 0 spiro atoms. The van der Waals surface area contributed by atoms with Crippen LogP contribution in [-0.2, 0) is 4.79 Å². The summed E-state index contributed by atoms with van der Waals surface area (Å²) in [4.78, 5) is 22.1. The van der Waals surface area contributed by atoms with Crippen LogP contribution in [0.15, 0.2) is 0 Å². The van der Waals surface area contributed by atoms with E-state index in [0.717, 1.165) is 12.8 Å². The topological polar surface area (TPSA) is 78.4 Å². The lowest BCUT2D eigenvalue weighted by molar-refractivity contribution is -0.140. The average molecular weight is 214 g/mol. The third kappa shape index (κ3) is 4.18. The monoisotopic (exact) mass is 214 g/mol. The Morgan fingerprint density at radius 1 is 1.40 bits per heavy atom. The number of nitrogens with one attached hydrogen (secondary N) is 2. The molecular weight excluding hydrogens is 196 g/mol. The van der Waals surface area contributed by atoms with Crippen molar-refractivity contribution in [3.8, 4) is 0 Å². The molecule has 1 fully saturated rings. The Labute approximate surface area is 89.2 Å². The van der Waals surface area contributed by atoms with Crippen LogP contribution in [0.4, 0.5) is 4.79 Å². The Balaban J connectivity index is 2.28. The first-order valence-electron chi connectivity index (χ1n) is 5.28. The summed E-state index contributed by atoms with van der Waals surface area (Å²) in [7, 11) is 0. The highest BCUT2D eigenvalue weighted by atomic mass is 16.4. The lowest BCUT2D eigenvalue weighted by atomic mass is 10.1. The molecule has 1 aliphatic rings. The van der Waals surface area contributed by atoms with Crippen molar-refractivity contribution in [2.24, 2.45) is 11.8 Å². The molecule has 15 heavy (non-hydrogen) atoms. The van der Waals surface area contributed by atoms with E-state index in [9.17, 15) is 9.59 Å². The molecule has 2 amide bonds. The minimum absolute atomic E-state index is 0.117. The normalized spacial score (nSPS) is 17.3. The molecule has 0 aliphatic heterocycles. The number of rotatable bonds is 5. The average Bonchev–Trinajstić information content (AvgIpc) is 2.93. The highest BCUT2D eigenvalue weighted by molar-refractivity contribution is 5.82. The van der Waals surface area contributed by atoms with Crippen molar-refractivity contribution in [3.63, 3.8) is 0 Å². The third-order valence-corrected chi connectivity index (χ3v) is 2.47. The van der Waals surface area contributed by atoms with Crippen molar-refractivity contribution in [2.45, 2.75) is 32.7 Å². The van der Waals surface area contributed by atoms with Crippen LogP contribution in [0.1, 0.15) is 26.7 Å². The Bertz CT molecular complexity index is 249. The molecule has 1 atom stereocenters. The highest BCUT2D eigenvalue weighted by Crippen LogP contribution is 2.27. The molecule has 5 heteroatoms. The van der Waals surface area contributed by atoms with E-state index >= 15 is 0 Å². The van der Waals surface area contributed by atoms with Gasteiger partial charge in [0.05, 0.1) is 0 Å². The van der Waals surface area contributed by atoms with Gasteiger partial charge in [0, 0.05) is 6.54 Å². The van der Waals surface area contributed by atoms with Crippen LogP contribution in [0.3, 0.4) is 0 Å². The van der Waals surface area contributed by atoms with E-state index in [1.54, 1.807) is 13.8 Å². The van der Waals surface area contributed by atoms with Gasteiger partial charge in [-0.2, -0.15) is 0 Å². The lowest BCUT2D eigenvalue weighted by Crippen LogP contribution is -2.48. The van der Waals surface area contributed by atoms with Gasteiger partial charge in [-0.15, -0.1) is 0 Å². The van der Waals surface area contributed by atoms with Gasteiger partial charge >= 0.3 is 12.0 Å². The summed E-state index contributed by atoms with van der Waals surface area (Å²) in [6, 6.07) is -1.20. The first-order chi connectivity index (χ1) is 7.00. The summed E-state index contributed by atoms with van der Waals surface area (Å²) >= 11 is 0. The summed E-state index contributed by atoms with van der Waals surface area (Å²) in [6.45, 7) is 4.18. The molecule has 0 unspecified atom stereocenters. The fourth-order valence-electron chi connectivity index (χ4n) is 1.26. The molecular formula is C10H18N2O3. The fourth-order valence-corrected chi connectivity index (χ4v) is 1.26. The van der Waals surface area contributed by atoms with Gasteiger partial charge in [-0.05, 0) is 24.7 Å². The van der Waals surface area contributed by atoms with Gasteiger partial charge < -0.3 is 15.7 Å². The summed E-state index contributed by atoms with van der Waals surface area (Å²) in [5.74, 6) is -0.515. The summed E-state index contributed by atoms with van der Waals surface area (Å²) < 4.78 is 0. The van der Waals surface area contributed by atoms with Crippen molar-refractivity contribution < 1.29 is 14.7 Å². The summed E-state index contributed by atoms with van der Waals surface area (Å²) in [6.07, 6.45) is 2.32. The lowest BCUT2D eigenvalue weighted by Gasteiger charge is -2.18. The first-order valence-corrected chi connectivity index (χ1v) is 5.28. The maximum Gasteiger partial charge on any atom is 0.326 e. The van der Waals surface area contributed by atoms with Crippen molar-refractivity contribution >= 4 is 12.0 Å². The maximum atomic E-state index is 11.3. The number of amides is 2. The highest BCUT2D eigenvalue weighted by Gasteiger charge is 2.25. The molecule has 0 radical (unpaired) electrons. The molecule has 1 saturated carbocycles. The van der Waals surface area contributed by atoms with Gasteiger partial charge in [0.15, 0.2) is 0 Å². The van der Waals surface area contributed by atoms with Gasteiger partial charge in [-0.1, -0.05) is 13.8 Å². The van der Waals surface area contributed by atoms with Crippen LogP contribution in [0.5, 0.6) is 0 Å². The van der Waals surface area contributed by atoms with Crippen LogP contribution in [0, 0.1) is 11.8 Å². The van der Waals surface area contributed by atoms with Crippen LogP contribution >= 0.6 is 0 Å². The predicted molar refractivity (Wildman–Crippen MR) is 55.5 cm³/mol. The second-order valence-corrected chi connectivity index (χ2v) is 4.36. The number of carboxylic acids is 1. The van der Waals surface area contributed by atoms with E-state index in [-0.39, 0.29) is 11.9 Å². The van der Waals surface area contributed by atoms with Crippen molar-refractivity contribution in [1.82, 2.24) is 10.6 Å². The standard InChI is InChI=1S/C10H18N2O3/c1-6(2)8(9(13)14)12-10(15)11-5-7-3-4-7/h6-8H,3-5H2,1-2H3,(H,13,14)(H2,11,12,15)/t8-/m1/s1. The maximum absolute atomic E-state index is 11.3. The Morgan fingerprint density at radius 3 is 2.40 bits per heavy atom. The number of urea groups is 1. The van der Waals surface area contributed by atoms with Gasteiger partial charge in [0.2, 0.25) is 0 Å². The van der Waals surface area contributed by atoms with E-state index in [1.165, 1.54) is 0 Å². The zero-order valence-corrected chi connectivity index (χ0v) is 9.12. The van der Waals surface area contributed by atoms with E-state index in [0.29, 0.717) is 12.5 Å². The molecule has 5 nitrogen and oxygen atoms in total. The summed E-state index contributed by atoms with van der Waals surface area (Å²) in [5, 5.41) is 14.0. The van der Waals surface area contributed by atoms with Gasteiger partial charge in [-0.25, -0.2) is 9.59 Å². The van der Waals surface area contributed by atoms with Crippen LogP contribution < -0.4 is 10.6 Å². The molecule has 3 N–H and O–H groups in total. The number of hydrogen-bond donors (Lipinski definition) is 3. The quantitative estimate of drug-likeness (QED) is 0.633. The molecule has 0 aromatic rings. The first kappa shape index (κ1) is 11.8. The molecule has 0 heterocycles. The third-order valence-electron chi connectivity index (χ3n) is 2.47. The van der Waals surface area contributed by atoms with Crippen molar-refractivity contribution in [1.29, 1.82) is 0 Å². The minimum atomic E-state index is -0.994. The summed E-state index contributed by atoms with van der Waals surface area (Å²) in [5.41, 5.74) is 0. The fraction of sp³-hybridized carbons (Fsp3) is 0.800. The zero-order valence-electron chi connectivity index (χ0n) is 9.12. The van der Waals surface area contributed by atoms with Gasteiger partial charge in [-0.3, -0.25) is 0 Å². The van der Waals surface area contributed by atoms with E-state index in [4.69, 9.17) is 5.11 Å². The molecule has 0 saturated heterocycles. The van der Waals surface area contributed by atoms with Crippen molar-refractivity contribution in [3.05, 3.63) is 0 Å². The minimum Gasteiger partial charge on any atom is -0.480 e. The second kappa shape index (κ2) is 5.00. The van der Waals surface area contributed by atoms with Crippen molar-refractivity contribution in [2.75, 3.05) is 6.54 Å². The van der Waals surface area contributed by atoms with Crippen LogP contribution in [0.25, 0.3) is 0 Å². The van der Waals surface area contributed by atoms with Gasteiger partial charge in [0.1, 0.15) is 6.04 Å². The van der Waals surface area contributed by atoms with Crippen LogP contribution in [0.2, 0.25) is 0 Å². The number of carbonyl (C=O) groups excluding carboxylic acids is 1. The Morgan fingerprint density at radius 2 is 2.00 bits per heavy atom. The SMILES string of the molecule is CC(C)[C@@H](NC(=O)NCC1CC1)C(=O)O. The Hall–Kier alpha value is -1.26. The number of carbonyl (C=O) groups is 2. The largest absolute Gasteiger partial charge is 0.480 e. The molecule has 0 bridgehead atoms. The number of carboxylic acid groups (broad SMARTS) is 1. The predicted octanol–water partition coefficient (Wildman–Crippen LogP) is 0.805. The van der Waals surface area contributed by atoms with Crippen LogP contribution in [-0.4, -0.2) is 29.7 Å². The van der Waals surface area contributed by atoms with E-state index < -0.39 is 12.0 Å². The molecule has 1 aliphatic carbocycles. The molecule has 1 rings (SSSR count). The zero-order chi connectivity index (χ0) is 11.4. The molecule has 86 valence electrons. The smallest absolute Gasteiger partial charge is 0.326 e. The van der Waals surface area contributed by atoms with Gasteiger partial charge in [0.25, 0.3) is 0 Å². The second-order valence-electron chi connectivity index (χ2n) is 4.36. The van der Waals surface area contributed by atoms with E-state index in [2.05, 4.69) is 10.6 Å². The molecule has 0 aromatic heterocycles. The number of aliphatic carboxylic acids is 1.